The fourth-order valence-corrected chi connectivity index (χ4v) is 2.28. The highest BCUT2D eigenvalue weighted by atomic mass is 32.1. The topological polar surface area (TPSA) is 62.2 Å². The van der Waals surface area contributed by atoms with Gasteiger partial charge in [0.1, 0.15) is 0 Å². The first-order chi connectivity index (χ1) is 8.65. The molecule has 0 unspecified atom stereocenters. The normalized spacial score (nSPS) is 10.3. The van der Waals surface area contributed by atoms with Gasteiger partial charge in [-0.1, -0.05) is 12.1 Å². The zero-order chi connectivity index (χ0) is 13.0. The SMILES string of the molecule is Cc1csc(NCCc2ccc(C(=O)O)cc2)n1. The van der Waals surface area contributed by atoms with Crippen LogP contribution in [0.1, 0.15) is 21.6 Å². The van der Waals surface area contributed by atoms with Crippen molar-refractivity contribution in [3.05, 3.63) is 46.5 Å². The highest BCUT2D eigenvalue weighted by molar-refractivity contribution is 7.13. The lowest BCUT2D eigenvalue weighted by molar-refractivity contribution is 0.0697. The Bertz CT molecular complexity index is 534. The smallest absolute Gasteiger partial charge is 0.335 e. The number of hydrogen-bond acceptors (Lipinski definition) is 4. The Morgan fingerprint density at radius 2 is 2.11 bits per heavy atom. The van der Waals surface area contributed by atoms with Crippen LogP contribution in [0.15, 0.2) is 29.6 Å². The predicted molar refractivity (Wildman–Crippen MR) is 72.4 cm³/mol. The van der Waals surface area contributed by atoms with Gasteiger partial charge in [0.2, 0.25) is 0 Å². The number of carboxylic acids is 1. The van der Waals surface area contributed by atoms with Crippen LogP contribution in [0, 0.1) is 6.92 Å². The van der Waals surface area contributed by atoms with Gasteiger partial charge in [-0.3, -0.25) is 0 Å². The number of anilines is 1. The number of nitrogens with zero attached hydrogens (tertiary/aromatic N) is 1. The molecule has 1 heterocycles. The predicted octanol–water partition coefficient (Wildman–Crippen LogP) is 2.80. The van der Waals surface area contributed by atoms with E-state index in [9.17, 15) is 4.79 Å². The summed E-state index contributed by atoms with van der Waals surface area (Å²) in [6.45, 7) is 2.76. The molecule has 5 heteroatoms. The molecule has 2 rings (SSSR count). The van der Waals surface area contributed by atoms with Crippen LogP contribution in [0.5, 0.6) is 0 Å². The molecule has 0 aliphatic rings. The molecule has 0 saturated heterocycles. The zero-order valence-corrected chi connectivity index (χ0v) is 10.8. The summed E-state index contributed by atoms with van der Waals surface area (Å²) in [7, 11) is 0. The van der Waals surface area contributed by atoms with Gasteiger partial charge in [-0.15, -0.1) is 11.3 Å². The molecule has 0 saturated carbocycles. The van der Waals surface area contributed by atoms with Crippen LogP contribution in [0.4, 0.5) is 5.13 Å². The molecule has 1 aromatic carbocycles. The van der Waals surface area contributed by atoms with E-state index in [2.05, 4.69) is 10.3 Å². The van der Waals surface area contributed by atoms with Crippen LogP contribution in [0.2, 0.25) is 0 Å². The van der Waals surface area contributed by atoms with Crippen molar-refractivity contribution in [2.75, 3.05) is 11.9 Å². The monoisotopic (exact) mass is 262 g/mol. The van der Waals surface area contributed by atoms with Gasteiger partial charge in [0.15, 0.2) is 5.13 Å². The Labute approximate surface area is 109 Å². The average molecular weight is 262 g/mol. The second-order valence-corrected chi connectivity index (χ2v) is 4.83. The van der Waals surface area contributed by atoms with Gasteiger partial charge >= 0.3 is 5.97 Å². The van der Waals surface area contributed by atoms with Gasteiger partial charge in [0.25, 0.3) is 0 Å². The van der Waals surface area contributed by atoms with E-state index in [1.54, 1.807) is 23.5 Å². The molecule has 2 N–H and O–H groups in total. The Morgan fingerprint density at radius 3 is 2.67 bits per heavy atom. The van der Waals surface area contributed by atoms with Crippen LogP contribution in [0.25, 0.3) is 0 Å². The standard InChI is InChI=1S/C13H14N2O2S/c1-9-8-18-13(15-9)14-7-6-10-2-4-11(5-3-10)12(16)17/h2-5,8H,6-7H2,1H3,(H,14,15)(H,16,17). The molecule has 4 nitrogen and oxygen atoms in total. The summed E-state index contributed by atoms with van der Waals surface area (Å²) in [6, 6.07) is 6.95. The maximum absolute atomic E-state index is 10.7. The fraction of sp³-hybridized carbons (Fsp3) is 0.231. The van der Waals surface area contributed by atoms with Crippen molar-refractivity contribution >= 4 is 22.4 Å². The number of carboxylic acid groups (broad SMARTS) is 1. The summed E-state index contributed by atoms with van der Waals surface area (Å²) in [6.07, 6.45) is 0.846. The number of aromatic nitrogens is 1. The molecule has 0 amide bonds. The third kappa shape index (κ3) is 3.30. The minimum atomic E-state index is -0.891. The average Bonchev–Trinajstić information content (AvgIpc) is 2.76. The Hall–Kier alpha value is -1.88. The minimum Gasteiger partial charge on any atom is -0.478 e. The number of carbonyl (C=O) groups is 1. The summed E-state index contributed by atoms with van der Waals surface area (Å²) in [5, 5.41) is 15.0. The van der Waals surface area contributed by atoms with Gasteiger partial charge in [-0.2, -0.15) is 0 Å². The quantitative estimate of drug-likeness (QED) is 0.869. The molecule has 0 radical (unpaired) electrons. The van der Waals surface area contributed by atoms with Gasteiger partial charge in [-0.25, -0.2) is 9.78 Å². The van der Waals surface area contributed by atoms with E-state index in [0.717, 1.165) is 29.4 Å². The lowest BCUT2D eigenvalue weighted by Crippen LogP contribution is -2.05. The van der Waals surface area contributed by atoms with Crippen LogP contribution in [0.3, 0.4) is 0 Å². The third-order valence-corrected chi connectivity index (χ3v) is 3.43. The maximum atomic E-state index is 10.7. The molecular weight excluding hydrogens is 248 g/mol. The largest absolute Gasteiger partial charge is 0.478 e. The zero-order valence-electron chi connectivity index (χ0n) is 10.0. The van der Waals surface area contributed by atoms with Crippen LogP contribution in [-0.2, 0) is 6.42 Å². The molecule has 94 valence electrons. The number of nitrogens with one attached hydrogen (secondary N) is 1. The lowest BCUT2D eigenvalue weighted by Gasteiger charge is -2.03. The molecule has 0 fully saturated rings. The number of rotatable bonds is 5. The Kier molecular flexibility index (Phi) is 3.94. The molecule has 2 aromatic rings. The molecular formula is C13H14N2O2S. The second kappa shape index (κ2) is 5.64. The lowest BCUT2D eigenvalue weighted by atomic mass is 10.1. The molecule has 0 spiro atoms. The number of hydrogen-bond donors (Lipinski definition) is 2. The van der Waals surface area contributed by atoms with E-state index in [-0.39, 0.29) is 0 Å². The van der Waals surface area contributed by atoms with Crippen molar-refractivity contribution in [1.82, 2.24) is 4.98 Å². The summed E-state index contributed by atoms with van der Waals surface area (Å²) in [4.78, 5) is 15.0. The molecule has 18 heavy (non-hydrogen) atoms. The highest BCUT2D eigenvalue weighted by Gasteiger charge is 2.02. The van der Waals surface area contributed by atoms with Crippen molar-refractivity contribution in [3.63, 3.8) is 0 Å². The molecule has 0 aliphatic heterocycles. The fourth-order valence-electron chi connectivity index (χ4n) is 1.56. The summed E-state index contributed by atoms with van der Waals surface area (Å²) < 4.78 is 0. The number of aromatic carboxylic acids is 1. The van der Waals surface area contributed by atoms with E-state index in [1.807, 2.05) is 24.4 Å². The number of benzene rings is 1. The van der Waals surface area contributed by atoms with Gasteiger partial charge in [0.05, 0.1) is 11.3 Å². The van der Waals surface area contributed by atoms with Crippen molar-refractivity contribution in [1.29, 1.82) is 0 Å². The summed E-state index contributed by atoms with van der Waals surface area (Å²) >= 11 is 1.59. The van der Waals surface area contributed by atoms with E-state index < -0.39 is 5.97 Å². The first-order valence-electron chi connectivity index (χ1n) is 5.63. The summed E-state index contributed by atoms with van der Waals surface area (Å²) in [5.41, 5.74) is 2.45. The Morgan fingerprint density at radius 1 is 1.39 bits per heavy atom. The third-order valence-electron chi connectivity index (χ3n) is 2.51. The van der Waals surface area contributed by atoms with E-state index >= 15 is 0 Å². The molecule has 0 aliphatic carbocycles. The minimum absolute atomic E-state index is 0.322. The van der Waals surface area contributed by atoms with Crippen LogP contribution in [-0.4, -0.2) is 22.6 Å². The summed E-state index contributed by atoms with van der Waals surface area (Å²) in [5.74, 6) is -0.891. The van der Waals surface area contributed by atoms with Gasteiger partial charge < -0.3 is 10.4 Å². The van der Waals surface area contributed by atoms with E-state index in [4.69, 9.17) is 5.11 Å². The number of thiazole rings is 1. The number of aryl methyl sites for hydroxylation is 1. The Balaban J connectivity index is 1.85. The first-order valence-corrected chi connectivity index (χ1v) is 6.51. The van der Waals surface area contributed by atoms with Crippen molar-refractivity contribution in [2.45, 2.75) is 13.3 Å². The van der Waals surface area contributed by atoms with Crippen molar-refractivity contribution in [3.8, 4) is 0 Å². The maximum Gasteiger partial charge on any atom is 0.335 e. The van der Waals surface area contributed by atoms with E-state index in [1.165, 1.54) is 0 Å². The van der Waals surface area contributed by atoms with Crippen LogP contribution >= 0.6 is 11.3 Å². The van der Waals surface area contributed by atoms with Gasteiger partial charge in [-0.05, 0) is 31.0 Å². The van der Waals surface area contributed by atoms with Crippen molar-refractivity contribution < 1.29 is 9.90 Å². The van der Waals surface area contributed by atoms with Crippen LogP contribution < -0.4 is 5.32 Å². The van der Waals surface area contributed by atoms with Gasteiger partial charge in [0, 0.05) is 11.9 Å². The molecule has 0 bridgehead atoms. The van der Waals surface area contributed by atoms with Crippen molar-refractivity contribution in [2.24, 2.45) is 0 Å². The van der Waals surface area contributed by atoms with E-state index in [0.29, 0.717) is 5.56 Å². The molecule has 0 atom stereocenters. The highest BCUT2D eigenvalue weighted by Crippen LogP contribution is 2.14. The second-order valence-electron chi connectivity index (χ2n) is 3.97. The molecule has 1 aromatic heterocycles. The first kappa shape index (κ1) is 12.6.